The number of hydrogen-bond donors (Lipinski definition) is 2. The van der Waals surface area contributed by atoms with E-state index in [1.54, 1.807) is 0 Å². The molecular weight excluding hydrogens is 955 g/mol. The van der Waals surface area contributed by atoms with E-state index in [9.17, 15) is 9.59 Å². The van der Waals surface area contributed by atoms with E-state index in [1.807, 2.05) is 40.1 Å². The molecule has 4 atom stereocenters. The van der Waals surface area contributed by atoms with Crippen molar-refractivity contribution in [3.63, 3.8) is 0 Å². The molecule has 10 nitrogen and oxygen atoms in total. The highest BCUT2D eigenvalue weighted by Crippen LogP contribution is 2.40. The van der Waals surface area contributed by atoms with Crippen LogP contribution in [0.1, 0.15) is 138 Å². The Morgan fingerprint density at radius 3 is 2.10 bits per heavy atom. The monoisotopic (exact) mass is 1040 g/mol. The number of hydrogen-bond acceptors (Lipinski definition) is 9. The molecule has 4 aliphatic rings. The van der Waals surface area contributed by atoms with Crippen molar-refractivity contribution < 1.29 is 23.8 Å². The van der Waals surface area contributed by atoms with E-state index < -0.39 is 0 Å². The summed E-state index contributed by atoms with van der Waals surface area (Å²) in [5.74, 6) is 1.71. The molecule has 6 bridgehead atoms. The van der Waals surface area contributed by atoms with E-state index in [1.165, 1.54) is 22.3 Å². The largest absolute Gasteiger partial charge is 0.494 e. The van der Waals surface area contributed by atoms with Crippen LogP contribution in [0.5, 0.6) is 11.5 Å². The molecule has 2 unspecified atom stereocenters. The summed E-state index contributed by atoms with van der Waals surface area (Å²) in [6, 6.07) is 27.3. The fraction of sp³-hybridized carbons (Fsp3) is 0.403. The Hall–Kier alpha value is -7.04. The first-order chi connectivity index (χ1) is 37.2. The summed E-state index contributed by atoms with van der Waals surface area (Å²) in [6.45, 7) is 21.6. The van der Waals surface area contributed by atoms with Gasteiger partial charge in [-0.25, -0.2) is 0 Å². The van der Waals surface area contributed by atoms with E-state index in [0.717, 1.165) is 135 Å². The maximum Gasteiger partial charge on any atom is 0.305 e. The van der Waals surface area contributed by atoms with Gasteiger partial charge in [-0.1, -0.05) is 114 Å². The predicted molar refractivity (Wildman–Crippen MR) is 317 cm³/mol. The molecule has 3 aromatic carbocycles. The number of Topliss-reactive ketones (excluding diaryl/α,β-unsaturated/α-hetero) is 1. The zero-order valence-corrected chi connectivity index (χ0v) is 47.2. The minimum absolute atomic E-state index is 0.0147. The maximum absolute atomic E-state index is 13.9. The number of fused-ring (bicyclic) bond motifs is 4. The third-order valence-electron chi connectivity index (χ3n) is 16.1. The molecule has 10 heteroatoms. The van der Waals surface area contributed by atoms with Crippen LogP contribution in [0.2, 0.25) is 0 Å². The normalized spacial score (nSPS) is 21.7. The summed E-state index contributed by atoms with van der Waals surface area (Å²) in [7, 11) is 4.10. The number of aromatic amines is 1. The Labute approximate surface area is 457 Å². The van der Waals surface area contributed by atoms with Crippen LogP contribution < -0.4 is 25.9 Å². The first-order valence-electron chi connectivity index (χ1n) is 28.1. The zero-order valence-electron chi connectivity index (χ0n) is 47.2. The lowest BCUT2D eigenvalue weighted by Gasteiger charge is -2.22. The van der Waals surface area contributed by atoms with E-state index in [4.69, 9.17) is 29.9 Å². The Bertz CT molecular complexity index is 3180. The number of benzene rings is 3. The molecule has 0 saturated heterocycles. The number of ketones is 1. The standard InChI is InChI=1S/C67H81N5O5/c1-11-52-42(4)38-58-44(6)53(12-2)61(69-58)41-60-46(8)64-62(73)39-56(67(64)71-60)66-55(45(7)59(70-66)40-57(68)43(52)5)32-33-63(74)77-36-21-16-14-15-20-35-75-50-28-24-48(25-29-50)65(54(13-3)47-22-18-17-19-23-47)49-26-30-51(31-27-49)76-37-34-72(9)10/h11,17-19,22-31,38,40-41,44-45,55,66,71H,1,12-16,20-21,32-37,39,68H2,2-10H3/b42-38+,52-43-,57-40?,60-41-,65-54-/t44?,45-,55-,66?/m0/s1. The van der Waals surface area contributed by atoms with Gasteiger partial charge in [0.25, 0.3) is 0 Å². The fourth-order valence-corrected chi connectivity index (χ4v) is 11.6. The number of unbranched alkanes of at least 4 members (excludes halogenated alkanes) is 4. The highest BCUT2D eigenvalue weighted by atomic mass is 16.5. The molecule has 77 heavy (non-hydrogen) atoms. The van der Waals surface area contributed by atoms with Crippen LogP contribution in [0.25, 0.3) is 22.8 Å². The molecule has 0 fully saturated rings. The molecule has 404 valence electrons. The quantitative estimate of drug-likeness (QED) is 0.0455. The highest BCUT2D eigenvalue weighted by molar-refractivity contribution is 6.08. The number of nitrogens with zero attached hydrogens (tertiary/aromatic N) is 3. The van der Waals surface area contributed by atoms with Gasteiger partial charge in [-0.2, -0.15) is 0 Å². The number of allylic oxidation sites excluding steroid dienone is 9. The summed E-state index contributed by atoms with van der Waals surface area (Å²) in [5, 5.41) is 1.76. The van der Waals surface area contributed by atoms with Gasteiger partial charge >= 0.3 is 5.97 Å². The number of esters is 1. The predicted octanol–water partition coefficient (Wildman–Crippen LogP) is 12.6. The second-order valence-electron chi connectivity index (χ2n) is 21.5. The first-order valence-corrected chi connectivity index (χ1v) is 28.1. The molecule has 0 radical (unpaired) electrons. The summed E-state index contributed by atoms with van der Waals surface area (Å²) in [5.41, 5.74) is 23.1. The SMILES string of the molecule is C=CC1=C(\C)C(N)=CC2=NC(C3=c4[nH]/c(c(C)c4C(=O)C3)=C\C3=C(CC)C(C)C(=N3)\C=C\1C)[C@@H](CCC(=O)OCCCCCCCOc1ccc(/C(=C(\CC)c3ccccc3)c3ccc(OCCN(C)C)cc3)cc1)[C@@H]2C. The van der Waals surface area contributed by atoms with Gasteiger partial charge in [0.2, 0.25) is 0 Å². The number of likely N-dealkylation sites (N-methyl/N-ethyl adjacent to an activating group) is 1. The lowest BCUT2D eigenvalue weighted by atomic mass is 9.81. The molecule has 0 amide bonds. The summed E-state index contributed by atoms with van der Waals surface area (Å²) < 4.78 is 18.1. The lowest BCUT2D eigenvalue weighted by molar-refractivity contribution is -0.144. The zero-order chi connectivity index (χ0) is 54.8. The molecule has 1 aliphatic carbocycles. The Balaban J connectivity index is 0.852. The van der Waals surface area contributed by atoms with Gasteiger partial charge in [0.05, 0.1) is 30.3 Å². The molecule has 4 aromatic rings. The number of aliphatic imine (C=N–C) groups is 2. The molecule has 3 aliphatic heterocycles. The van der Waals surface area contributed by atoms with Crippen LogP contribution in [-0.4, -0.2) is 79.6 Å². The van der Waals surface area contributed by atoms with Crippen molar-refractivity contribution in [2.24, 2.45) is 33.5 Å². The van der Waals surface area contributed by atoms with Gasteiger partial charge in [-0.05, 0) is 177 Å². The molecule has 4 heterocycles. The van der Waals surface area contributed by atoms with Crippen molar-refractivity contribution in [2.75, 3.05) is 40.5 Å². The average Bonchev–Trinajstić information content (AvgIpc) is 4.17. The second-order valence-corrected chi connectivity index (χ2v) is 21.5. The number of ether oxygens (including phenoxy) is 3. The molecular formula is C67H81N5O5. The van der Waals surface area contributed by atoms with E-state index >= 15 is 0 Å². The van der Waals surface area contributed by atoms with Gasteiger partial charge in [-0.15, -0.1) is 0 Å². The van der Waals surface area contributed by atoms with Crippen molar-refractivity contribution in [2.45, 2.75) is 119 Å². The number of rotatable bonds is 22. The number of aromatic nitrogens is 1. The highest BCUT2D eigenvalue weighted by Gasteiger charge is 2.41. The molecule has 8 rings (SSSR count). The van der Waals surface area contributed by atoms with Crippen molar-refractivity contribution >= 4 is 46.0 Å². The fourth-order valence-electron chi connectivity index (χ4n) is 11.6. The summed E-state index contributed by atoms with van der Waals surface area (Å²) >= 11 is 0. The molecule has 1 aromatic heterocycles. The Morgan fingerprint density at radius 1 is 0.818 bits per heavy atom. The van der Waals surface area contributed by atoms with Crippen molar-refractivity contribution in [1.82, 2.24) is 9.88 Å². The smallest absolute Gasteiger partial charge is 0.305 e. The van der Waals surface area contributed by atoms with Gasteiger partial charge in [0.1, 0.15) is 18.1 Å². The average molecular weight is 1040 g/mol. The minimum atomic E-state index is -0.296. The van der Waals surface area contributed by atoms with Crippen LogP contribution >= 0.6 is 0 Å². The van der Waals surface area contributed by atoms with Crippen LogP contribution in [0.4, 0.5) is 0 Å². The number of nitrogens with one attached hydrogen (secondary N) is 1. The number of carbonyl (C=O) groups is 2. The first kappa shape index (κ1) is 56.2. The van der Waals surface area contributed by atoms with Crippen LogP contribution in [-0.2, 0) is 9.53 Å². The van der Waals surface area contributed by atoms with E-state index in [2.05, 4.69) is 142 Å². The van der Waals surface area contributed by atoms with Gasteiger partial charge in [-0.3, -0.25) is 19.6 Å². The van der Waals surface area contributed by atoms with Gasteiger partial charge in [0.15, 0.2) is 5.78 Å². The maximum atomic E-state index is 13.9. The number of nitrogens with two attached hydrogens (primary N) is 1. The second kappa shape index (κ2) is 25.9. The van der Waals surface area contributed by atoms with Crippen molar-refractivity contribution in [1.29, 1.82) is 0 Å². The number of carbonyl (C=O) groups excluding carboxylic acids is 2. The summed E-state index contributed by atoms with van der Waals surface area (Å²) in [4.78, 5) is 43.6. The van der Waals surface area contributed by atoms with Crippen LogP contribution in [0.3, 0.4) is 0 Å². The molecule has 0 saturated carbocycles. The third-order valence-corrected chi connectivity index (χ3v) is 16.1. The third kappa shape index (κ3) is 13.0. The van der Waals surface area contributed by atoms with Crippen molar-refractivity contribution in [3.05, 3.63) is 176 Å². The van der Waals surface area contributed by atoms with E-state index in [0.29, 0.717) is 38.4 Å². The topological polar surface area (TPSA) is 132 Å². The van der Waals surface area contributed by atoms with Gasteiger partial charge in [0, 0.05) is 59.3 Å². The Morgan fingerprint density at radius 2 is 1.47 bits per heavy atom. The lowest BCUT2D eigenvalue weighted by Crippen LogP contribution is -2.27. The van der Waals surface area contributed by atoms with Gasteiger partial charge < -0.3 is 29.8 Å². The minimum Gasteiger partial charge on any atom is -0.494 e. The van der Waals surface area contributed by atoms with Crippen LogP contribution in [0, 0.1) is 24.7 Å². The van der Waals surface area contributed by atoms with Crippen LogP contribution in [0.15, 0.2) is 147 Å². The van der Waals surface area contributed by atoms with E-state index in [-0.39, 0.29) is 42.0 Å². The number of H-pyrrole nitrogens is 1. The summed E-state index contributed by atoms with van der Waals surface area (Å²) in [6.07, 6.45) is 15.8. The molecule has 0 spiro atoms. The Kier molecular flexibility index (Phi) is 18.9. The van der Waals surface area contributed by atoms with Crippen molar-refractivity contribution in [3.8, 4) is 11.5 Å². The molecule has 3 N–H and O–H groups in total.